The summed E-state index contributed by atoms with van der Waals surface area (Å²) in [6.45, 7) is 10.2. The second kappa shape index (κ2) is 6.12. The lowest BCUT2D eigenvalue weighted by Gasteiger charge is -2.35. The molecule has 1 aliphatic heterocycles. The van der Waals surface area contributed by atoms with Gasteiger partial charge in [0.2, 0.25) is 0 Å². The topological polar surface area (TPSA) is 12.0 Å². The smallest absolute Gasteiger partial charge is 0.0446 e. The molecule has 2 unspecified atom stereocenters. The summed E-state index contributed by atoms with van der Waals surface area (Å²) in [7, 11) is 0. The highest BCUT2D eigenvalue weighted by molar-refractivity contribution is 7.99. The summed E-state index contributed by atoms with van der Waals surface area (Å²) >= 11 is 2.12. The monoisotopic (exact) mass is 263 g/mol. The van der Waals surface area contributed by atoms with Crippen molar-refractivity contribution in [3.8, 4) is 0 Å². The van der Waals surface area contributed by atoms with Crippen molar-refractivity contribution in [3.63, 3.8) is 0 Å². The van der Waals surface area contributed by atoms with Crippen LogP contribution in [0.4, 0.5) is 0 Å². The Labute approximate surface area is 116 Å². The van der Waals surface area contributed by atoms with Crippen molar-refractivity contribution in [3.05, 3.63) is 34.4 Å². The Bertz CT molecular complexity index is 414. The molecule has 0 bridgehead atoms. The van der Waals surface area contributed by atoms with E-state index in [1.54, 1.807) is 11.1 Å². The molecule has 0 amide bonds. The fourth-order valence-corrected chi connectivity index (χ4v) is 4.30. The van der Waals surface area contributed by atoms with E-state index >= 15 is 0 Å². The largest absolute Gasteiger partial charge is 0.309 e. The van der Waals surface area contributed by atoms with E-state index in [-0.39, 0.29) is 0 Å². The van der Waals surface area contributed by atoms with Gasteiger partial charge in [-0.25, -0.2) is 0 Å². The predicted molar refractivity (Wildman–Crippen MR) is 82.3 cm³/mol. The van der Waals surface area contributed by atoms with E-state index in [9.17, 15) is 0 Å². The van der Waals surface area contributed by atoms with Gasteiger partial charge in [-0.3, -0.25) is 0 Å². The van der Waals surface area contributed by atoms with Crippen LogP contribution in [0.2, 0.25) is 0 Å². The molecule has 1 aliphatic rings. The third-order valence-corrected chi connectivity index (χ3v) is 5.44. The Hall–Kier alpha value is -0.470. The summed E-state index contributed by atoms with van der Waals surface area (Å²) in [6.07, 6.45) is 2.46. The van der Waals surface area contributed by atoms with Crippen LogP contribution >= 0.6 is 11.8 Å². The summed E-state index contributed by atoms with van der Waals surface area (Å²) in [4.78, 5) is 0. The number of thioether (sulfide) groups is 1. The second-order valence-corrected chi connectivity index (χ2v) is 6.51. The van der Waals surface area contributed by atoms with Crippen molar-refractivity contribution in [2.24, 2.45) is 0 Å². The molecular weight excluding hydrogens is 238 g/mol. The molecule has 0 fully saturated rings. The van der Waals surface area contributed by atoms with Crippen LogP contribution in [0.15, 0.2) is 12.1 Å². The molecule has 100 valence electrons. The molecular formula is C16H25NS. The molecule has 0 saturated carbocycles. The van der Waals surface area contributed by atoms with Crippen molar-refractivity contribution in [1.82, 2.24) is 5.32 Å². The molecule has 2 heteroatoms. The van der Waals surface area contributed by atoms with Crippen LogP contribution in [-0.2, 0) is 5.75 Å². The minimum absolute atomic E-state index is 0.545. The molecule has 2 rings (SSSR count). The molecule has 2 atom stereocenters. The van der Waals surface area contributed by atoms with Gasteiger partial charge in [0.25, 0.3) is 0 Å². The highest BCUT2D eigenvalue weighted by atomic mass is 32.2. The van der Waals surface area contributed by atoms with Gasteiger partial charge in [-0.15, -0.1) is 0 Å². The maximum atomic E-state index is 3.78. The van der Waals surface area contributed by atoms with E-state index in [1.807, 2.05) is 0 Å². The molecule has 0 aromatic heterocycles. The first kappa shape index (κ1) is 14.0. The highest BCUT2D eigenvalue weighted by Crippen LogP contribution is 2.41. The van der Waals surface area contributed by atoms with E-state index < -0.39 is 0 Å². The zero-order valence-electron chi connectivity index (χ0n) is 12.0. The average molecular weight is 263 g/mol. The van der Waals surface area contributed by atoms with Crippen LogP contribution < -0.4 is 5.32 Å². The van der Waals surface area contributed by atoms with Crippen LogP contribution in [0.5, 0.6) is 0 Å². The highest BCUT2D eigenvalue weighted by Gasteiger charge is 2.30. The maximum Gasteiger partial charge on any atom is 0.0446 e. The standard InChI is InChI=1S/C16H25NS/c1-5-9-17-16-14(6-2)18-10-13-11(3)7-8-12(4)15(13)16/h7-8,14,16-17H,5-6,9-10H2,1-4H3. The minimum Gasteiger partial charge on any atom is -0.309 e. The van der Waals surface area contributed by atoms with E-state index in [2.05, 4.69) is 56.9 Å². The van der Waals surface area contributed by atoms with Gasteiger partial charge in [-0.05, 0) is 55.5 Å². The SMILES string of the molecule is CCCNC1c2c(C)ccc(C)c2CSC1CC. The van der Waals surface area contributed by atoms with Crippen molar-refractivity contribution in [2.75, 3.05) is 6.54 Å². The van der Waals surface area contributed by atoms with E-state index in [0.717, 1.165) is 11.8 Å². The first-order valence-corrected chi connectivity index (χ1v) is 8.17. The number of nitrogens with one attached hydrogen (secondary N) is 1. The van der Waals surface area contributed by atoms with Crippen LogP contribution in [-0.4, -0.2) is 11.8 Å². The van der Waals surface area contributed by atoms with E-state index in [4.69, 9.17) is 0 Å². The summed E-state index contributed by atoms with van der Waals surface area (Å²) in [5.41, 5.74) is 6.09. The lowest BCUT2D eigenvalue weighted by Crippen LogP contribution is -2.34. The quantitative estimate of drug-likeness (QED) is 0.865. The van der Waals surface area contributed by atoms with Gasteiger partial charge in [-0.1, -0.05) is 26.0 Å². The molecule has 1 N–H and O–H groups in total. The first-order chi connectivity index (χ1) is 8.69. The molecule has 1 aromatic rings. The number of hydrogen-bond donors (Lipinski definition) is 1. The Balaban J connectivity index is 2.39. The van der Waals surface area contributed by atoms with Gasteiger partial charge in [0.15, 0.2) is 0 Å². The minimum atomic E-state index is 0.545. The molecule has 0 spiro atoms. The Morgan fingerprint density at radius 1 is 1.22 bits per heavy atom. The predicted octanol–water partition coefficient (Wildman–Crippen LogP) is 4.37. The van der Waals surface area contributed by atoms with Gasteiger partial charge < -0.3 is 5.32 Å². The lowest BCUT2D eigenvalue weighted by molar-refractivity contribution is 0.496. The number of fused-ring (bicyclic) bond motifs is 1. The number of rotatable bonds is 4. The van der Waals surface area contributed by atoms with Gasteiger partial charge >= 0.3 is 0 Å². The van der Waals surface area contributed by atoms with Crippen LogP contribution in [0, 0.1) is 13.8 Å². The molecule has 0 aliphatic carbocycles. The van der Waals surface area contributed by atoms with Crippen molar-refractivity contribution >= 4 is 11.8 Å². The fourth-order valence-electron chi connectivity index (χ4n) is 2.87. The summed E-state index contributed by atoms with van der Waals surface area (Å²) < 4.78 is 0. The van der Waals surface area contributed by atoms with Crippen LogP contribution in [0.25, 0.3) is 0 Å². The Morgan fingerprint density at radius 3 is 2.61 bits per heavy atom. The van der Waals surface area contributed by atoms with Crippen molar-refractivity contribution in [2.45, 2.75) is 57.6 Å². The van der Waals surface area contributed by atoms with Gasteiger partial charge in [0.05, 0.1) is 0 Å². The summed E-state index contributed by atoms with van der Waals surface area (Å²) in [5, 5.41) is 4.50. The van der Waals surface area contributed by atoms with Crippen LogP contribution in [0.1, 0.15) is 55.0 Å². The number of hydrogen-bond acceptors (Lipinski definition) is 2. The number of aryl methyl sites for hydroxylation is 2. The summed E-state index contributed by atoms with van der Waals surface area (Å²) in [6, 6.07) is 5.11. The Kier molecular flexibility index (Phi) is 4.74. The summed E-state index contributed by atoms with van der Waals surface area (Å²) in [5.74, 6) is 1.19. The van der Waals surface area contributed by atoms with E-state index in [0.29, 0.717) is 6.04 Å². The molecule has 1 aromatic carbocycles. The number of benzene rings is 1. The third kappa shape index (κ3) is 2.60. The zero-order chi connectivity index (χ0) is 13.1. The van der Waals surface area contributed by atoms with Gasteiger partial charge in [-0.2, -0.15) is 11.8 Å². The van der Waals surface area contributed by atoms with Gasteiger partial charge in [0.1, 0.15) is 0 Å². The van der Waals surface area contributed by atoms with E-state index in [1.165, 1.54) is 29.7 Å². The van der Waals surface area contributed by atoms with Gasteiger partial charge in [0, 0.05) is 17.0 Å². The average Bonchev–Trinajstić information content (AvgIpc) is 2.39. The molecule has 1 heterocycles. The first-order valence-electron chi connectivity index (χ1n) is 7.13. The molecule has 18 heavy (non-hydrogen) atoms. The fraction of sp³-hybridized carbons (Fsp3) is 0.625. The maximum absolute atomic E-state index is 3.78. The second-order valence-electron chi connectivity index (χ2n) is 5.28. The zero-order valence-corrected chi connectivity index (χ0v) is 12.9. The Morgan fingerprint density at radius 2 is 1.94 bits per heavy atom. The van der Waals surface area contributed by atoms with Crippen molar-refractivity contribution in [1.29, 1.82) is 0 Å². The lowest BCUT2D eigenvalue weighted by atomic mass is 9.89. The van der Waals surface area contributed by atoms with Crippen LogP contribution in [0.3, 0.4) is 0 Å². The molecule has 0 saturated heterocycles. The normalized spacial score (nSPS) is 22.9. The molecule has 0 radical (unpaired) electrons. The van der Waals surface area contributed by atoms with Crippen molar-refractivity contribution < 1.29 is 0 Å². The third-order valence-electron chi connectivity index (χ3n) is 3.95. The molecule has 1 nitrogen and oxygen atoms in total.